The number of carbonyl (C=O) groups is 2. The molecular formula is C24H27ClFN3O4S3. The lowest BCUT2D eigenvalue weighted by atomic mass is 10.2. The van der Waals surface area contributed by atoms with Crippen molar-refractivity contribution in [3.63, 3.8) is 0 Å². The van der Waals surface area contributed by atoms with Gasteiger partial charge in [-0.05, 0) is 54.8 Å². The van der Waals surface area contributed by atoms with Crippen LogP contribution in [0.3, 0.4) is 0 Å². The topological polar surface area (TPSA) is 104 Å². The fraction of sp³-hybridized carbons (Fsp3) is 0.333. The number of halogens is 2. The van der Waals surface area contributed by atoms with Crippen LogP contribution in [0.5, 0.6) is 0 Å². The van der Waals surface area contributed by atoms with Crippen LogP contribution in [-0.2, 0) is 26.0 Å². The van der Waals surface area contributed by atoms with Gasteiger partial charge in [-0.15, -0.1) is 11.3 Å². The molecule has 12 heteroatoms. The van der Waals surface area contributed by atoms with Gasteiger partial charge in [-0.1, -0.05) is 29.8 Å². The minimum absolute atomic E-state index is 0.131. The van der Waals surface area contributed by atoms with E-state index in [2.05, 4.69) is 15.4 Å². The molecular weight excluding hydrogens is 545 g/mol. The smallest absolute Gasteiger partial charge is 0.243 e. The van der Waals surface area contributed by atoms with E-state index in [1.165, 1.54) is 11.8 Å². The van der Waals surface area contributed by atoms with E-state index in [1.807, 2.05) is 36.6 Å². The first-order chi connectivity index (χ1) is 17.2. The lowest BCUT2D eigenvalue weighted by Gasteiger charge is -2.17. The highest BCUT2D eigenvalue weighted by atomic mass is 35.5. The van der Waals surface area contributed by atoms with Crippen LogP contribution < -0.4 is 15.4 Å². The van der Waals surface area contributed by atoms with Gasteiger partial charge in [0, 0.05) is 28.4 Å². The largest absolute Gasteiger partial charge is 0.354 e. The van der Waals surface area contributed by atoms with Gasteiger partial charge in [-0.25, -0.2) is 17.5 Å². The van der Waals surface area contributed by atoms with E-state index in [9.17, 15) is 22.4 Å². The molecule has 0 radical (unpaired) electrons. The van der Waals surface area contributed by atoms with Crippen molar-refractivity contribution >= 4 is 66.6 Å². The Labute approximate surface area is 223 Å². The monoisotopic (exact) mass is 571 g/mol. The number of rotatable bonds is 13. The van der Waals surface area contributed by atoms with Gasteiger partial charge in [-0.2, -0.15) is 11.8 Å². The number of unbranched alkanes of at least 4 members (excludes halogenated alkanes) is 1. The van der Waals surface area contributed by atoms with Gasteiger partial charge in [0.1, 0.15) is 16.8 Å². The SMILES string of the molecule is CSC[C@H](NC(=O)Cc1cc2ccccc2s1)C(=O)NCCCCNS(=O)(=O)c1ccc(F)cc1Cl. The predicted octanol–water partition coefficient (Wildman–Crippen LogP) is 3.96. The van der Waals surface area contributed by atoms with Crippen LogP contribution >= 0.6 is 34.7 Å². The third-order valence-electron chi connectivity index (χ3n) is 5.17. The van der Waals surface area contributed by atoms with Gasteiger partial charge < -0.3 is 10.6 Å². The number of amides is 2. The highest BCUT2D eigenvalue weighted by Gasteiger charge is 2.21. The number of thioether (sulfide) groups is 1. The third-order valence-corrected chi connectivity index (χ3v) is 8.90. The summed E-state index contributed by atoms with van der Waals surface area (Å²) in [4.78, 5) is 25.9. The van der Waals surface area contributed by atoms with Crippen molar-refractivity contribution in [1.29, 1.82) is 0 Å². The van der Waals surface area contributed by atoms with Crippen molar-refractivity contribution < 1.29 is 22.4 Å². The minimum Gasteiger partial charge on any atom is -0.354 e. The second kappa shape index (κ2) is 13.4. The van der Waals surface area contributed by atoms with Gasteiger partial charge in [0.25, 0.3) is 0 Å². The molecule has 0 spiro atoms. The molecule has 0 aliphatic heterocycles. The maximum atomic E-state index is 13.1. The zero-order chi connectivity index (χ0) is 26.1. The van der Waals surface area contributed by atoms with E-state index < -0.39 is 21.9 Å². The normalized spacial score (nSPS) is 12.4. The Hall–Kier alpha value is -2.18. The van der Waals surface area contributed by atoms with Crippen LogP contribution in [0.15, 0.2) is 53.4 Å². The van der Waals surface area contributed by atoms with E-state index in [0.29, 0.717) is 25.1 Å². The molecule has 1 aromatic heterocycles. The second-order valence-corrected chi connectivity index (χ2v) is 12.2. The summed E-state index contributed by atoms with van der Waals surface area (Å²) in [6.07, 6.45) is 3.05. The molecule has 0 aliphatic rings. The fourth-order valence-electron chi connectivity index (χ4n) is 3.44. The molecule has 0 unspecified atom stereocenters. The zero-order valence-electron chi connectivity index (χ0n) is 19.6. The summed E-state index contributed by atoms with van der Waals surface area (Å²) in [6, 6.07) is 12.3. The molecule has 36 heavy (non-hydrogen) atoms. The second-order valence-electron chi connectivity index (χ2n) is 7.97. The number of hydrogen-bond donors (Lipinski definition) is 3. The van der Waals surface area contributed by atoms with E-state index in [-0.39, 0.29) is 34.7 Å². The van der Waals surface area contributed by atoms with Crippen LogP contribution in [0.25, 0.3) is 10.1 Å². The Balaban J connectivity index is 1.41. The summed E-state index contributed by atoms with van der Waals surface area (Å²) in [7, 11) is -3.87. The van der Waals surface area contributed by atoms with E-state index >= 15 is 0 Å². The number of carbonyl (C=O) groups excluding carboxylic acids is 2. The Bertz CT molecular complexity index is 1280. The summed E-state index contributed by atoms with van der Waals surface area (Å²) in [6.45, 7) is 0.459. The maximum absolute atomic E-state index is 13.1. The van der Waals surface area contributed by atoms with E-state index in [4.69, 9.17) is 11.6 Å². The third kappa shape index (κ3) is 8.17. The molecule has 0 aliphatic carbocycles. The van der Waals surface area contributed by atoms with Gasteiger partial charge in [0.15, 0.2) is 0 Å². The predicted molar refractivity (Wildman–Crippen MR) is 145 cm³/mol. The molecule has 0 saturated heterocycles. The molecule has 1 atom stereocenters. The number of thiophene rings is 1. The summed E-state index contributed by atoms with van der Waals surface area (Å²) in [5.41, 5.74) is 0. The number of hydrogen-bond acceptors (Lipinski definition) is 6. The van der Waals surface area contributed by atoms with Crippen LogP contribution in [0.2, 0.25) is 5.02 Å². The average Bonchev–Trinajstić information content (AvgIpc) is 3.22. The number of benzene rings is 2. The van der Waals surface area contributed by atoms with Crippen molar-refractivity contribution in [2.75, 3.05) is 25.1 Å². The molecule has 0 saturated carbocycles. The molecule has 2 amide bonds. The first-order valence-electron chi connectivity index (χ1n) is 11.2. The van der Waals surface area contributed by atoms with Crippen molar-refractivity contribution in [3.05, 3.63) is 64.2 Å². The van der Waals surface area contributed by atoms with Gasteiger partial charge >= 0.3 is 0 Å². The van der Waals surface area contributed by atoms with Crippen LogP contribution in [0.1, 0.15) is 17.7 Å². The first-order valence-corrected chi connectivity index (χ1v) is 15.2. The standard InChI is InChI=1S/C24H27ClFN3O4S3/c1-34-15-20(29-23(30)14-18-12-16-6-2-3-7-21(16)35-18)24(31)27-10-4-5-11-28-36(32,33)22-9-8-17(26)13-19(22)25/h2-3,6-9,12-13,20,28H,4-5,10-11,14-15H2,1H3,(H,27,31)(H,29,30)/t20-/m0/s1. The maximum Gasteiger partial charge on any atom is 0.243 e. The van der Waals surface area contributed by atoms with Gasteiger partial charge in [0.2, 0.25) is 21.8 Å². The van der Waals surface area contributed by atoms with Gasteiger partial charge in [0.05, 0.1) is 11.4 Å². The lowest BCUT2D eigenvalue weighted by Crippen LogP contribution is -2.48. The minimum atomic E-state index is -3.87. The summed E-state index contributed by atoms with van der Waals surface area (Å²) < 4.78 is 41.3. The van der Waals surface area contributed by atoms with E-state index in [0.717, 1.165) is 33.2 Å². The highest BCUT2D eigenvalue weighted by molar-refractivity contribution is 7.98. The quantitative estimate of drug-likeness (QED) is 0.269. The number of fused-ring (bicyclic) bond motifs is 1. The molecule has 2 aromatic carbocycles. The zero-order valence-corrected chi connectivity index (χ0v) is 22.8. The summed E-state index contributed by atoms with van der Waals surface area (Å²) in [5.74, 6) is -0.689. The first kappa shape index (κ1) is 28.4. The van der Waals surface area contributed by atoms with E-state index in [1.54, 1.807) is 11.3 Å². The molecule has 3 rings (SSSR count). The fourth-order valence-corrected chi connectivity index (χ4v) is 6.67. The molecule has 3 N–H and O–H groups in total. The summed E-state index contributed by atoms with van der Waals surface area (Å²) >= 11 is 8.84. The Morgan fingerprint density at radius 3 is 2.58 bits per heavy atom. The van der Waals surface area contributed by atoms with Gasteiger partial charge in [-0.3, -0.25) is 9.59 Å². The molecule has 0 fully saturated rings. The van der Waals surface area contributed by atoms with Crippen molar-refractivity contribution in [1.82, 2.24) is 15.4 Å². The molecule has 0 bridgehead atoms. The Morgan fingerprint density at radius 1 is 1.11 bits per heavy atom. The molecule has 7 nitrogen and oxygen atoms in total. The molecule has 194 valence electrons. The van der Waals surface area contributed by atoms with Crippen molar-refractivity contribution in [2.45, 2.75) is 30.2 Å². The summed E-state index contributed by atoms with van der Waals surface area (Å²) in [5, 5.41) is 6.51. The Kier molecular flexibility index (Phi) is 10.6. The molecule has 1 heterocycles. The number of sulfonamides is 1. The lowest BCUT2D eigenvalue weighted by molar-refractivity contribution is -0.128. The number of nitrogens with one attached hydrogen (secondary N) is 3. The Morgan fingerprint density at radius 2 is 1.86 bits per heavy atom. The van der Waals surface area contributed by atoms with Crippen molar-refractivity contribution in [2.24, 2.45) is 0 Å². The van der Waals surface area contributed by atoms with Crippen LogP contribution in [-0.4, -0.2) is 51.4 Å². The molecule has 3 aromatic rings. The average molecular weight is 572 g/mol. The van der Waals surface area contributed by atoms with Crippen molar-refractivity contribution in [3.8, 4) is 0 Å². The van der Waals surface area contributed by atoms with Crippen LogP contribution in [0, 0.1) is 5.82 Å². The van der Waals surface area contributed by atoms with Crippen LogP contribution in [0.4, 0.5) is 4.39 Å². The highest BCUT2D eigenvalue weighted by Crippen LogP contribution is 2.25.